The molecule has 0 atom stereocenters. The molecule has 0 bridgehead atoms. The van der Waals surface area contributed by atoms with Crippen molar-refractivity contribution >= 4 is 17.6 Å². The smallest absolute Gasteiger partial charge is 0.416 e. The van der Waals surface area contributed by atoms with Crippen LogP contribution in [0.5, 0.6) is 17.2 Å². The summed E-state index contributed by atoms with van der Waals surface area (Å²) in [6.07, 6.45) is -4.30. The summed E-state index contributed by atoms with van der Waals surface area (Å²) in [6, 6.07) is 7.88. The fraction of sp³-hybridized carbons (Fsp3) is 0.391. The van der Waals surface area contributed by atoms with Gasteiger partial charge < -0.3 is 29.0 Å². The van der Waals surface area contributed by atoms with Gasteiger partial charge in [0, 0.05) is 13.5 Å². The lowest BCUT2D eigenvalue weighted by Crippen LogP contribution is -2.22. The van der Waals surface area contributed by atoms with E-state index in [1.54, 1.807) is 18.2 Å². The van der Waals surface area contributed by atoms with Crippen LogP contribution in [0.25, 0.3) is 0 Å². The number of carbonyl (C=O) groups is 2. The summed E-state index contributed by atoms with van der Waals surface area (Å²) < 4.78 is 64.7. The third-order valence-electron chi connectivity index (χ3n) is 4.56. The lowest BCUT2D eigenvalue weighted by atomic mass is 10.1. The Kier molecular flexibility index (Phi) is 9.99. The summed E-state index contributed by atoms with van der Waals surface area (Å²) in [6.45, 7) is -0.402. The molecule has 0 radical (unpaired) electrons. The molecule has 2 aromatic rings. The Morgan fingerprint density at radius 3 is 2.26 bits per heavy atom. The Hall–Kier alpha value is -3.47. The molecule has 11 heteroatoms. The third kappa shape index (κ3) is 8.14. The van der Waals surface area contributed by atoms with Crippen molar-refractivity contribution in [2.24, 2.45) is 0 Å². The largest absolute Gasteiger partial charge is 0.493 e. The maximum atomic E-state index is 13.1. The second kappa shape index (κ2) is 12.7. The number of benzene rings is 2. The number of amides is 1. The quantitative estimate of drug-likeness (QED) is 0.361. The van der Waals surface area contributed by atoms with E-state index in [1.165, 1.54) is 21.3 Å². The molecule has 0 aliphatic carbocycles. The highest BCUT2D eigenvalue weighted by molar-refractivity contribution is 5.94. The molecule has 34 heavy (non-hydrogen) atoms. The fourth-order valence-corrected chi connectivity index (χ4v) is 2.85. The zero-order valence-corrected chi connectivity index (χ0v) is 19.0. The molecule has 0 aromatic heterocycles. The van der Waals surface area contributed by atoms with Crippen molar-refractivity contribution in [3.8, 4) is 17.2 Å². The number of rotatable bonds is 12. The summed E-state index contributed by atoms with van der Waals surface area (Å²) >= 11 is 0. The summed E-state index contributed by atoms with van der Waals surface area (Å²) in [5.41, 5.74) is -0.369. The van der Waals surface area contributed by atoms with E-state index in [0.717, 1.165) is 23.8 Å². The highest BCUT2D eigenvalue weighted by Gasteiger charge is 2.31. The highest BCUT2D eigenvalue weighted by Crippen LogP contribution is 2.35. The maximum absolute atomic E-state index is 13.1. The number of hydrogen-bond donors (Lipinski definition) is 1. The van der Waals surface area contributed by atoms with Crippen molar-refractivity contribution in [3.05, 3.63) is 47.5 Å². The molecular weight excluding hydrogens is 459 g/mol. The summed E-state index contributed by atoms with van der Waals surface area (Å²) in [5, 5.41) is 2.29. The standard InChI is InChI=1S/C23H26F3NO7/c1-30-10-11-33-18-8-6-16(23(24,25)26)13-17(18)27-21(28)14-34-22(29)9-5-15-4-7-19(31-2)20(12-15)32-3/h4,6-8,12-13H,5,9-11,14H2,1-3H3,(H,27,28). The molecule has 1 N–H and O–H groups in total. The van der Waals surface area contributed by atoms with E-state index in [0.29, 0.717) is 17.9 Å². The van der Waals surface area contributed by atoms with Crippen LogP contribution >= 0.6 is 0 Å². The second-order valence-electron chi connectivity index (χ2n) is 6.95. The van der Waals surface area contributed by atoms with Gasteiger partial charge in [-0.25, -0.2) is 0 Å². The van der Waals surface area contributed by atoms with Gasteiger partial charge in [-0.2, -0.15) is 13.2 Å². The van der Waals surface area contributed by atoms with E-state index in [1.807, 2.05) is 0 Å². The van der Waals surface area contributed by atoms with Crippen LogP contribution in [0.4, 0.5) is 18.9 Å². The van der Waals surface area contributed by atoms with E-state index < -0.39 is 30.2 Å². The number of halogens is 3. The van der Waals surface area contributed by atoms with Gasteiger partial charge in [0.05, 0.1) is 32.1 Å². The van der Waals surface area contributed by atoms with Crippen LogP contribution < -0.4 is 19.5 Å². The van der Waals surface area contributed by atoms with Gasteiger partial charge in [-0.15, -0.1) is 0 Å². The van der Waals surface area contributed by atoms with Crippen LogP contribution in [0.1, 0.15) is 17.5 Å². The molecule has 0 unspecified atom stereocenters. The number of methoxy groups -OCH3 is 3. The molecule has 1 amide bonds. The van der Waals surface area contributed by atoms with E-state index in [4.69, 9.17) is 23.7 Å². The lowest BCUT2D eigenvalue weighted by Gasteiger charge is -2.15. The Morgan fingerprint density at radius 1 is 0.912 bits per heavy atom. The van der Waals surface area contributed by atoms with E-state index in [9.17, 15) is 22.8 Å². The molecule has 0 aliphatic heterocycles. The molecule has 8 nitrogen and oxygen atoms in total. The van der Waals surface area contributed by atoms with Gasteiger partial charge in [-0.1, -0.05) is 6.07 Å². The van der Waals surface area contributed by atoms with Gasteiger partial charge in [0.15, 0.2) is 18.1 Å². The van der Waals surface area contributed by atoms with Gasteiger partial charge in [0.25, 0.3) is 5.91 Å². The van der Waals surface area contributed by atoms with Gasteiger partial charge >= 0.3 is 12.1 Å². The third-order valence-corrected chi connectivity index (χ3v) is 4.56. The van der Waals surface area contributed by atoms with Gasteiger partial charge in [-0.3, -0.25) is 9.59 Å². The number of ether oxygens (including phenoxy) is 5. The second-order valence-corrected chi connectivity index (χ2v) is 6.95. The van der Waals surface area contributed by atoms with E-state index in [2.05, 4.69) is 5.32 Å². The van der Waals surface area contributed by atoms with Crippen molar-refractivity contribution < 1.29 is 46.4 Å². The predicted octanol–water partition coefficient (Wildman–Crippen LogP) is 3.86. The number of aryl methyl sites for hydroxylation is 1. The monoisotopic (exact) mass is 485 g/mol. The van der Waals surface area contributed by atoms with Crippen molar-refractivity contribution in [2.75, 3.05) is 46.5 Å². The molecule has 2 rings (SSSR count). The SMILES string of the molecule is COCCOc1ccc(C(F)(F)F)cc1NC(=O)COC(=O)CCc1ccc(OC)c(OC)c1. The molecule has 0 heterocycles. The number of anilines is 1. The van der Waals surface area contributed by atoms with Crippen LogP contribution in [0.3, 0.4) is 0 Å². The Labute approximate surface area is 194 Å². The molecular formula is C23H26F3NO7. The Bertz CT molecular complexity index is 980. The first-order valence-electron chi connectivity index (χ1n) is 10.2. The summed E-state index contributed by atoms with van der Waals surface area (Å²) in [4.78, 5) is 24.2. The predicted molar refractivity (Wildman–Crippen MR) is 116 cm³/mol. The molecule has 0 saturated heterocycles. The van der Waals surface area contributed by atoms with Crippen molar-refractivity contribution in [3.63, 3.8) is 0 Å². The van der Waals surface area contributed by atoms with Crippen LogP contribution in [-0.4, -0.2) is 53.0 Å². The number of hydrogen-bond acceptors (Lipinski definition) is 7. The molecule has 0 aliphatic rings. The van der Waals surface area contributed by atoms with Crippen molar-refractivity contribution in [1.29, 1.82) is 0 Å². The molecule has 0 saturated carbocycles. The van der Waals surface area contributed by atoms with E-state index in [-0.39, 0.29) is 31.1 Å². The number of alkyl halides is 3. The minimum absolute atomic E-state index is 0.0162. The summed E-state index contributed by atoms with van der Waals surface area (Å²) in [7, 11) is 4.44. The molecule has 2 aromatic carbocycles. The topological polar surface area (TPSA) is 92.3 Å². The highest BCUT2D eigenvalue weighted by atomic mass is 19.4. The molecule has 186 valence electrons. The van der Waals surface area contributed by atoms with Gasteiger partial charge in [0.1, 0.15) is 12.4 Å². The van der Waals surface area contributed by atoms with Crippen molar-refractivity contribution in [2.45, 2.75) is 19.0 Å². The normalized spacial score (nSPS) is 11.0. The average molecular weight is 485 g/mol. The van der Waals surface area contributed by atoms with Gasteiger partial charge in [0.2, 0.25) is 0 Å². The minimum atomic E-state index is -4.61. The first-order valence-corrected chi connectivity index (χ1v) is 10.2. The number of esters is 1. The van der Waals surface area contributed by atoms with Gasteiger partial charge in [-0.05, 0) is 42.3 Å². The lowest BCUT2D eigenvalue weighted by molar-refractivity contribution is -0.147. The van der Waals surface area contributed by atoms with Crippen molar-refractivity contribution in [1.82, 2.24) is 0 Å². The van der Waals surface area contributed by atoms with Crippen LogP contribution in [0.15, 0.2) is 36.4 Å². The van der Waals surface area contributed by atoms with E-state index >= 15 is 0 Å². The maximum Gasteiger partial charge on any atom is 0.416 e. The minimum Gasteiger partial charge on any atom is -0.493 e. The first kappa shape index (κ1) is 26.8. The average Bonchev–Trinajstić information content (AvgIpc) is 2.81. The Morgan fingerprint density at radius 2 is 1.62 bits per heavy atom. The summed E-state index contributed by atoms with van der Waals surface area (Å²) in [5.74, 6) is -0.373. The van der Waals surface area contributed by atoms with Crippen LogP contribution in [-0.2, 0) is 31.7 Å². The molecule has 0 fully saturated rings. The fourth-order valence-electron chi connectivity index (χ4n) is 2.85. The van der Waals surface area contributed by atoms with Crippen LogP contribution in [0, 0.1) is 0 Å². The zero-order chi connectivity index (χ0) is 25.1. The number of carbonyl (C=O) groups excluding carboxylic acids is 2. The zero-order valence-electron chi connectivity index (χ0n) is 19.0. The molecule has 0 spiro atoms. The first-order chi connectivity index (χ1) is 16.2. The van der Waals surface area contributed by atoms with Crippen LogP contribution in [0.2, 0.25) is 0 Å². The Balaban J connectivity index is 1.93. The number of nitrogens with one attached hydrogen (secondary N) is 1.